The maximum atomic E-state index is 13.0. The summed E-state index contributed by atoms with van der Waals surface area (Å²) in [5, 5.41) is 16.8. The summed E-state index contributed by atoms with van der Waals surface area (Å²) in [6, 6.07) is 11.2. The average Bonchev–Trinajstić information content (AvgIpc) is 2.94. The number of rotatable bonds is 10. The molecule has 2 aliphatic heterocycles. The van der Waals surface area contributed by atoms with Gasteiger partial charge in [-0.15, -0.1) is 23.5 Å². The number of hydrogen-bond donors (Lipinski definition) is 2. The lowest BCUT2D eigenvalue weighted by atomic mass is 10.0. The van der Waals surface area contributed by atoms with Gasteiger partial charge in [-0.2, -0.15) is 0 Å². The summed E-state index contributed by atoms with van der Waals surface area (Å²) in [5.41, 5.74) is 5.49. The zero-order chi connectivity index (χ0) is 29.3. The van der Waals surface area contributed by atoms with Crippen molar-refractivity contribution in [1.82, 2.24) is 10.2 Å². The first-order chi connectivity index (χ1) is 19.6. The first-order valence-electron chi connectivity index (χ1n) is 12.2. The lowest BCUT2D eigenvalue weighted by Crippen LogP contribution is -2.71. The number of pyridine rings is 1. The summed E-state index contributed by atoms with van der Waals surface area (Å²) in [6.07, 6.45) is 3.56. The molecule has 3 amide bonds. The van der Waals surface area contributed by atoms with Gasteiger partial charge in [0.25, 0.3) is 11.8 Å². The SMILES string of the molecule is NC(=O)COc1cccc2c[n+](CC3=C(C(=O)[O-])N4C(=O)[C@@H](NC(=O)CSc5cc(Cl)ccc5Cl)[C@H]4SC3)ccc12. The predicted octanol–water partition coefficient (Wildman–Crippen LogP) is 1.49. The second kappa shape index (κ2) is 12.2. The van der Waals surface area contributed by atoms with Crippen LogP contribution in [0, 0.1) is 0 Å². The monoisotopic (exact) mass is 632 g/mol. The topological polar surface area (TPSA) is 146 Å². The van der Waals surface area contributed by atoms with E-state index in [1.807, 2.05) is 12.3 Å². The second-order valence-electron chi connectivity index (χ2n) is 9.19. The Morgan fingerprint density at radius 1 is 1.22 bits per heavy atom. The van der Waals surface area contributed by atoms with Crippen LogP contribution in [0.5, 0.6) is 5.75 Å². The van der Waals surface area contributed by atoms with Gasteiger partial charge in [0, 0.05) is 38.1 Å². The fourth-order valence-corrected chi connectivity index (χ4v) is 7.22. The molecule has 1 saturated heterocycles. The number of hydrogen-bond acceptors (Lipinski definition) is 8. The average molecular weight is 634 g/mol. The molecular weight excluding hydrogens is 611 g/mol. The Bertz CT molecular complexity index is 1620. The molecule has 1 aromatic heterocycles. The van der Waals surface area contributed by atoms with Crippen molar-refractivity contribution < 1.29 is 33.6 Å². The number of benzene rings is 2. The molecule has 212 valence electrons. The molecule has 2 atom stereocenters. The molecule has 2 aromatic carbocycles. The molecule has 0 aliphatic carbocycles. The van der Waals surface area contributed by atoms with Crippen molar-refractivity contribution in [2.45, 2.75) is 22.9 Å². The van der Waals surface area contributed by atoms with Gasteiger partial charge in [-0.05, 0) is 30.3 Å². The smallest absolute Gasteiger partial charge is 0.255 e. The zero-order valence-electron chi connectivity index (χ0n) is 21.2. The molecule has 10 nitrogen and oxygen atoms in total. The fourth-order valence-electron chi connectivity index (χ4n) is 4.58. The number of ether oxygens (including phenoxy) is 1. The van der Waals surface area contributed by atoms with Crippen LogP contribution in [0.4, 0.5) is 0 Å². The third-order valence-corrected chi connectivity index (χ3v) is 9.46. The number of halogens is 2. The number of aromatic nitrogens is 1. The molecule has 1 fully saturated rings. The van der Waals surface area contributed by atoms with Crippen molar-refractivity contribution in [3.63, 3.8) is 0 Å². The third kappa shape index (κ3) is 6.25. The Morgan fingerprint density at radius 3 is 2.78 bits per heavy atom. The van der Waals surface area contributed by atoms with Gasteiger partial charge in [-0.1, -0.05) is 29.3 Å². The van der Waals surface area contributed by atoms with Crippen LogP contribution in [0.2, 0.25) is 10.0 Å². The number of primary amides is 1. The van der Waals surface area contributed by atoms with Crippen molar-refractivity contribution in [2.75, 3.05) is 18.1 Å². The minimum atomic E-state index is -1.46. The van der Waals surface area contributed by atoms with E-state index in [2.05, 4.69) is 5.32 Å². The summed E-state index contributed by atoms with van der Waals surface area (Å²) in [5.74, 6) is -2.14. The molecule has 41 heavy (non-hydrogen) atoms. The van der Waals surface area contributed by atoms with Gasteiger partial charge in [0.05, 0.1) is 22.4 Å². The van der Waals surface area contributed by atoms with E-state index in [0.717, 1.165) is 10.8 Å². The van der Waals surface area contributed by atoms with Gasteiger partial charge in [0.2, 0.25) is 5.91 Å². The molecular formula is C27H22Cl2N4O6S2. The van der Waals surface area contributed by atoms with Crippen LogP contribution < -0.4 is 25.5 Å². The summed E-state index contributed by atoms with van der Waals surface area (Å²) < 4.78 is 7.27. The van der Waals surface area contributed by atoms with E-state index in [4.69, 9.17) is 33.7 Å². The van der Waals surface area contributed by atoms with E-state index in [1.165, 1.54) is 28.4 Å². The first kappa shape index (κ1) is 29.1. The minimum absolute atomic E-state index is 0.00352. The fraction of sp³-hybridized carbons (Fsp3) is 0.222. The molecule has 0 radical (unpaired) electrons. The first-order valence-corrected chi connectivity index (χ1v) is 15.0. The number of carboxylic acid groups (broad SMARTS) is 1. The number of nitrogens with zero attached hydrogens (tertiary/aromatic N) is 2. The van der Waals surface area contributed by atoms with E-state index in [9.17, 15) is 24.3 Å². The Balaban J connectivity index is 1.28. The van der Waals surface area contributed by atoms with Crippen LogP contribution >= 0.6 is 46.7 Å². The van der Waals surface area contributed by atoms with E-state index < -0.39 is 29.2 Å². The Morgan fingerprint density at radius 2 is 2.02 bits per heavy atom. The van der Waals surface area contributed by atoms with Crippen LogP contribution in [0.15, 0.2) is 71.0 Å². The molecule has 0 bridgehead atoms. The van der Waals surface area contributed by atoms with Crippen molar-refractivity contribution in [1.29, 1.82) is 0 Å². The van der Waals surface area contributed by atoms with Crippen LogP contribution in [0.1, 0.15) is 0 Å². The highest BCUT2D eigenvalue weighted by atomic mass is 35.5. The molecule has 3 aromatic rings. The maximum absolute atomic E-state index is 13.0. The van der Waals surface area contributed by atoms with Crippen molar-refractivity contribution in [3.8, 4) is 5.75 Å². The lowest BCUT2D eigenvalue weighted by molar-refractivity contribution is -0.687. The van der Waals surface area contributed by atoms with E-state index >= 15 is 0 Å². The highest BCUT2D eigenvalue weighted by Gasteiger charge is 2.53. The van der Waals surface area contributed by atoms with Gasteiger partial charge >= 0.3 is 0 Å². The highest BCUT2D eigenvalue weighted by molar-refractivity contribution is 8.00. The molecule has 3 heterocycles. The number of amides is 3. The standard InChI is InChI=1S/C27H22Cl2N4O6S2/c28-16-4-5-18(29)20(8-16)40-13-22(35)31-23-25(36)33-24(27(37)38)15(12-41-26(23)33)10-32-7-6-17-14(9-32)2-1-3-19(17)39-11-21(30)34/h1-9,23,26H,10-13H2,(H3-,30,31,34,35,37,38)/t23-,26-/m1/s1. The molecule has 14 heteroatoms. The van der Waals surface area contributed by atoms with Gasteiger partial charge < -0.3 is 25.7 Å². The normalized spacial score (nSPS) is 18.1. The van der Waals surface area contributed by atoms with Crippen molar-refractivity contribution >= 4 is 81.2 Å². The van der Waals surface area contributed by atoms with E-state index in [0.29, 0.717) is 32.0 Å². The molecule has 2 aliphatic rings. The molecule has 0 unspecified atom stereocenters. The largest absolute Gasteiger partial charge is 0.543 e. The highest BCUT2D eigenvalue weighted by Crippen LogP contribution is 2.40. The number of carboxylic acids is 1. The summed E-state index contributed by atoms with van der Waals surface area (Å²) >= 11 is 14.7. The van der Waals surface area contributed by atoms with Gasteiger partial charge in [0.1, 0.15) is 17.2 Å². The van der Waals surface area contributed by atoms with E-state index in [-0.39, 0.29) is 30.5 Å². The summed E-state index contributed by atoms with van der Waals surface area (Å²) in [4.78, 5) is 50.7. The van der Waals surface area contributed by atoms with Gasteiger partial charge in [-0.25, -0.2) is 4.57 Å². The Hall–Kier alpha value is -3.45. The number of carbonyl (C=O) groups excluding carboxylic acids is 4. The van der Waals surface area contributed by atoms with Crippen LogP contribution in [0.25, 0.3) is 10.8 Å². The van der Waals surface area contributed by atoms with Crippen molar-refractivity contribution in [3.05, 3.63) is 76.2 Å². The third-order valence-electron chi connectivity index (χ3n) is 6.39. The Kier molecular flexibility index (Phi) is 8.64. The van der Waals surface area contributed by atoms with Crippen molar-refractivity contribution in [2.24, 2.45) is 5.73 Å². The molecule has 3 N–H and O–H groups in total. The van der Waals surface area contributed by atoms with Crippen LogP contribution in [-0.2, 0) is 25.7 Å². The van der Waals surface area contributed by atoms with Crippen LogP contribution in [0.3, 0.4) is 0 Å². The van der Waals surface area contributed by atoms with E-state index in [1.54, 1.807) is 47.2 Å². The quantitative estimate of drug-likeness (QED) is 0.194. The van der Waals surface area contributed by atoms with Gasteiger partial charge in [-0.3, -0.25) is 19.3 Å². The minimum Gasteiger partial charge on any atom is -0.543 e. The number of fused-ring (bicyclic) bond motifs is 2. The van der Waals surface area contributed by atoms with Crippen LogP contribution in [-0.4, -0.2) is 58.1 Å². The number of aliphatic carboxylic acids is 1. The maximum Gasteiger partial charge on any atom is 0.255 e. The number of β-lactam (4-membered cyclic amide) rings is 1. The summed E-state index contributed by atoms with van der Waals surface area (Å²) in [7, 11) is 0. The lowest BCUT2D eigenvalue weighted by Gasteiger charge is -2.50. The molecule has 0 saturated carbocycles. The molecule has 5 rings (SSSR count). The summed E-state index contributed by atoms with van der Waals surface area (Å²) in [6.45, 7) is -0.0577. The number of nitrogens with two attached hydrogens (primary N) is 1. The Labute approximate surface area is 252 Å². The van der Waals surface area contributed by atoms with Gasteiger partial charge in [0.15, 0.2) is 25.5 Å². The number of thioether (sulfide) groups is 2. The number of nitrogens with one attached hydrogen (secondary N) is 1. The predicted molar refractivity (Wildman–Crippen MR) is 153 cm³/mol. The zero-order valence-corrected chi connectivity index (χ0v) is 24.3. The molecule has 0 spiro atoms. The number of carbonyl (C=O) groups is 4. The second-order valence-corrected chi connectivity index (χ2v) is 12.2.